The van der Waals surface area contributed by atoms with Gasteiger partial charge in [0.2, 0.25) is 0 Å². The molecule has 0 atom stereocenters. The summed E-state index contributed by atoms with van der Waals surface area (Å²) in [6, 6.07) is 6.32. The number of aromatic amines is 1. The number of rotatable bonds is 5. The third kappa shape index (κ3) is 3.55. The van der Waals surface area contributed by atoms with Gasteiger partial charge in [-0.25, -0.2) is 4.98 Å². The minimum absolute atomic E-state index is 0.0998. The molecule has 0 saturated heterocycles. The fourth-order valence-corrected chi connectivity index (χ4v) is 1.94. The summed E-state index contributed by atoms with van der Waals surface area (Å²) in [6.07, 6.45) is 0.971. The normalized spacial score (nSPS) is 12.2. The maximum atomic E-state index is 5.94. The van der Waals surface area contributed by atoms with Crippen molar-refractivity contribution in [1.82, 2.24) is 15.3 Å². The van der Waals surface area contributed by atoms with Gasteiger partial charge in [0.15, 0.2) is 0 Å². The number of aryl methyl sites for hydroxylation is 1. The Morgan fingerprint density at radius 1 is 1.39 bits per heavy atom. The van der Waals surface area contributed by atoms with Crippen LogP contribution < -0.4 is 11.1 Å². The number of H-pyrrole nitrogens is 1. The van der Waals surface area contributed by atoms with E-state index in [1.807, 2.05) is 20.8 Å². The lowest BCUT2D eigenvalue weighted by Gasteiger charge is -2.18. The smallest absolute Gasteiger partial charge is 0.104 e. The minimum atomic E-state index is -0.0998. The maximum Gasteiger partial charge on any atom is 0.104 e. The number of imidazole rings is 1. The summed E-state index contributed by atoms with van der Waals surface area (Å²) >= 11 is 0. The van der Waals surface area contributed by atoms with E-state index in [4.69, 9.17) is 5.73 Å². The zero-order valence-electron chi connectivity index (χ0n) is 11.4. The van der Waals surface area contributed by atoms with Gasteiger partial charge in [0.25, 0.3) is 0 Å². The van der Waals surface area contributed by atoms with Crippen molar-refractivity contribution in [3.63, 3.8) is 0 Å². The quantitative estimate of drug-likeness (QED) is 0.708. The highest BCUT2D eigenvalue weighted by Crippen LogP contribution is 2.13. The van der Waals surface area contributed by atoms with Gasteiger partial charge in [-0.3, -0.25) is 0 Å². The molecule has 0 radical (unpaired) electrons. The number of nitrogens with two attached hydrogens (primary N) is 1. The van der Waals surface area contributed by atoms with Gasteiger partial charge in [0.05, 0.1) is 11.0 Å². The molecule has 18 heavy (non-hydrogen) atoms. The highest BCUT2D eigenvalue weighted by molar-refractivity contribution is 5.75. The Morgan fingerprint density at radius 2 is 2.17 bits per heavy atom. The van der Waals surface area contributed by atoms with Crippen LogP contribution in [0.4, 0.5) is 0 Å². The first-order chi connectivity index (χ1) is 8.44. The third-order valence-electron chi connectivity index (χ3n) is 2.94. The number of hydrogen-bond donors (Lipinski definition) is 3. The molecule has 1 aromatic heterocycles. The van der Waals surface area contributed by atoms with Crippen molar-refractivity contribution in [2.45, 2.75) is 39.3 Å². The van der Waals surface area contributed by atoms with Crippen LogP contribution in [0.25, 0.3) is 11.0 Å². The van der Waals surface area contributed by atoms with Crippen LogP contribution in [0.1, 0.15) is 31.7 Å². The molecule has 1 heterocycles. The van der Waals surface area contributed by atoms with E-state index in [9.17, 15) is 0 Å². The van der Waals surface area contributed by atoms with Crippen molar-refractivity contribution in [3.05, 3.63) is 29.6 Å². The first-order valence-electron chi connectivity index (χ1n) is 6.39. The Morgan fingerprint density at radius 3 is 2.89 bits per heavy atom. The van der Waals surface area contributed by atoms with Crippen molar-refractivity contribution in [2.75, 3.05) is 6.54 Å². The molecule has 4 N–H and O–H groups in total. The molecule has 0 aliphatic rings. The molecule has 98 valence electrons. The molecular formula is C14H22N4. The minimum Gasteiger partial charge on any atom is -0.342 e. The van der Waals surface area contributed by atoms with E-state index in [-0.39, 0.29) is 5.54 Å². The van der Waals surface area contributed by atoms with Crippen molar-refractivity contribution in [1.29, 1.82) is 0 Å². The molecule has 0 bridgehead atoms. The summed E-state index contributed by atoms with van der Waals surface area (Å²) in [6.45, 7) is 7.87. The lowest BCUT2D eigenvalue weighted by Crippen LogP contribution is -2.35. The molecular weight excluding hydrogens is 224 g/mol. The van der Waals surface area contributed by atoms with Crippen LogP contribution in [0.5, 0.6) is 0 Å². The van der Waals surface area contributed by atoms with Gasteiger partial charge in [-0.2, -0.15) is 0 Å². The fraction of sp³-hybridized carbons (Fsp3) is 0.500. The van der Waals surface area contributed by atoms with Crippen molar-refractivity contribution >= 4 is 11.0 Å². The van der Waals surface area contributed by atoms with Crippen LogP contribution in [0.2, 0.25) is 0 Å². The number of fused-ring (bicyclic) bond motifs is 1. The molecule has 0 fully saturated rings. The summed E-state index contributed by atoms with van der Waals surface area (Å²) in [5.41, 5.74) is 9.23. The SMILES string of the molecule is Cc1nc2ccc(CNCCC(C)(C)N)cc2[nH]1. The van der Waals surface area contributed by atoms with Crippen LogP contribution >= 0.6 is 0 Å². The number of aromatic nitrogens is 2. The van der Waals surface area contributed by atoms with Gasteiger partial charge in [0.1, 0.15) is 5.82 Å². The lowest BCUT2D eigenvalue weighted by atomic mass is 10.0. The van der Waals surface area contributed by atoms with E-state index in [0.29, 0.717) is 0 Å². The zero-order chi connectivity index (χ0) is 13.2. The summed E-state index contributed by atoms with van der Waals surface area (Å²) in [4.78, 5) is 7.65. The van der Waals surface area contributed by atoms with Crippen LogP contribution in [0, 0.1) is 6.92 Å². The fourth-order valence-electron chi connectivity index (χ4n) is 1.94. The molecule has 4 nitrogen and oxygen atoms in total. The second kappa shape index (κ2) is 5.08. The Labute approximate surface area is 108 Å². The monoisotopic (exact) mass is 246 g/mol. The van der Waals surface area contributed by atoms with E-state index in [0.717, 1.165) is 36.4 Å². The van der Waals surface area contributed by atoms with Gasteiger partial charge < -0.3 is 16.0 Å². The van der Waals surface area contributed by atoms with Crippen molar-refractivity contribution in [3.8, 4) is 0 Å². The zero-order valence-corrected chi connectivity index (χ0v) is 11.4. The molecule has 2 rings (SSSR count). The molecule has 0 saturated carbocycles. The predicted octanol–water partition coefficient (Wildman–Crippen LogP) is 2.09. The maximum absolute atomic E-state index is 5.94. The topological polar surface area (TPSA) is 66.7 Å². The molecule has 0 amide bonds. The summed E-state index contributed by atoms with van der Waals surface area (Å²) < 4.78 is 0. The Hall–Kier alpha value is -1.39. The average molecular weight is 246 g/mol. The van der Waals surface area contributed by atoms with E-state index < -0.39 is 0 Å². The second-order valence-corrected chi connectivity index (χ2v) is 5.59. The molecule has 0 aliphatic heterocycles. The molecule has 0 aliphatic carbocycles. The second-order valence-electron chi connectivity index (χ2n) is 5.59. The number of hydrogen-bond acceptors (Lipinski definition) is 3. The largest absolute Gasteiger partial charge is 0.342 e. The molecule has 2 aromatic rings. The third-order valence-corrected chi connectivity index (χ3v) is 2.94. The van der Waals surface area contributed by atoms with Gasteiger partial charge in [0, 0.05) is 12.1 Å². The number of nitrogens with zero attached hydrogens (tertiary/aromatic N) is 1. The van der Waals surface area contributed by atoms with Gasteiger partial charge in [-0.15, -0.1) is 0 Å². The Kier molecular flexibility index (Phi) is 3.68. The first-order valence-corrected chi connectivity index (χ1v) is 6.39. The average Bonchev–Trinajstić information content (AvgIpc) is 2.62. The van der Waals surface area contributed by atoms with Crippen LogP contribution in [-0.2, 0) is 6.54 Å². The molecule has 0 spiro atoms. The first kappa shape index (κ1) is 13.1. The van der Waals surface area contributed by atoms with Crippen LogP contribution in [0.15, 0.2) is 18.2 Å². The van der Waals surface area contributed by atoms with E-state index in [2.05, 4.69) is 33.5 Å². The Balaban J connectivity index is 1.91. The molecule has 0 unspecified atom stereocenters. The summed E-state index contributed by atoms with van der Waals surface area (Å²) in [5, 5.41) is 3.42. The van der Waals surface area contributed by atoms with E-state index in [1.165, 1.54) is 5.56 Å². The highest BCUT2D eigenvalue weighted by atomic mass is 14.9. The molecule has 4 heteroatoms. The highest BCUT2D eigenvalue weighted by Gasteiger charge is 2.09. The number of benzene rings is 1. The van der Waals surface area contributed by atoms with Crippen molar-refractivity contribution < 1.29 is 0 Å². The van der Waals surface area contributed by atoms with Crippen LogP contribution in [-0.4, -0.2) is 22.1 Å². The number of nitrogens with one attached hydrogen (secondary N) is 2. The van der Waals surface area contributed by atoms with Gasteiger partial charge >= 0.3 is 0 Å². The van der Waals surface area contributed by atoms with Crippen molar-refractivity contribution in [2.24, 2.45) is 5.73 Å². The standard InChI is InChI=1S/C14H22N4/c1-10-17-12-5-4-11(8-13(12)18-10)9-16-7-6-14(2,3)15/h4-5,8,16H,6-7,9,15H2,1-3H3,(H,17,18). The Bertz CT molecular complexity index is 522. The molecule has 1 aromatic carbocycles. The summed E-state index contributed by atoms with van der Waals surface area (Å²) in [5.74, 6) is 0.958. The van der Waals surface area contributed by atoms with Gasteiger partial charge in [-0.05, 0) is 51.4 Å². The lowest BCUT2D eigenvalue weighted by molar-refractivity contribution is 0.455. The van der Waals surface area contributed by atoms with E-state index in [1.54, 1.807) is 0 Å². The van der Waals surface area contributed by atoms with E-state index >= 15 is 0 Å². The van der Waals surface area contributed by atoms with Gasteiger partial charge in [-0.1, -0.05) is 6.07 Å². The predicted molar refractivity (Wildman–Crippen MR) is 75.4 cm³/mol. The van der Waals surface area contributed by atoms with Crippen LogP contribution in [0.3, 0.4) is 0 Å². The summed E-state index contributed by atoms with van der Waals surface area (Å²) in [7, 11) is 0.